The monoisotopic (exact) mass is 352 g/mol. The maximum Gasteiger partial charge on any atom is 0.268 e. The molecule has 3 aromatic rings. The molecule has 0 unspecified atom stereocenters. The molecular formula is C15H13ClN2O2S2. The first-order valence-electron chi connectivity index (χ1n) is 6.51. The smallest absolute Gasteiger partial charge is 0.243 e. The van der Waals surface area contributed by atoms with Crippen molar-refractivity contribution in [2.45, 2.75) is 18.7 Å². The summed E-state index contributed by atoms with van der Waals surface area (Å²) in [6, 6.07) is 8.34. The van der Waals surface area contributed by atoms with E-state index in [2.05, 4.69) is 4.98 Å². The van der Waals surface area contributed by atoms with Gasteiger partial charge in [-0.1, -0.05) is 29.3 Å². The Morgan fingerprint density at radius 3 is 2.45 bits per heavy atom. The molecule has 0 saturated heterocycles. The van der Waals surface area contributed by atoms with Crippen molar-refractivity contribution in [3.05, 3.63) is 58.2 Å². The molecule has 3 rings (SSSR count). The van der Waals surface area contributed by atoms with Crippen molar-refractivity contribution in [2.75, 3.05) is 0 Å². The van der Waals surface area contributed by atoms with Gasteiger partial charge >= 0.3 is 0 Å². The van der Waals surface area contributed by atoms with Crippen LogP contribution in [0.25, 0.3) is 10.7 Å². The maximum absolute atomic E-state index is 12.8. The molecule has 114 valence electrons. The molecule has 0 bridgehead atoms. The van der Waals surface area contributed by atoms with E-state index in [1.807, 2.05) is 13.8 Å². The third-order valence-corrected chi connectivity index (χ3v) is 6.00. The summed E-state index contributed by atoms with van der Waals surface area (Å²) >= 11 is 7.46. The lowest BCUT2D eigenvalue weighted by Gasteiger charge is -2.09. The molecule has 0 saturated carbocycles. The van der Waals surface area contributed by atoms with Crippen molar-refractivity contribution in [1.29, 1.82) is 0 Å². The highest BCUT2D eigenvalue weighted by Gasteiger charge is 2.22. The second kappa shape index (κ2) is 5.53. The van der Waals surface area contributed by atoms with Gasteiger partial charge in [-0.15, -0.1) is 11.3 Å². The normalized spacial score (nSPS) is 11.8. The number of rotatable bonds is 3. The molecule has 4 nitrogen and oxygen atoms in total. The first-order chi connectivity index (χ1) is 10.4. The van der Waals surface area contributed by atoms with Crippen LogP contribution in [0, 0.1) is 13.8 Å². The first kappa shape index (κ1) is 15.3. The van der Waals surface area contributed by atoms with Gasteiger partial charge in [0.25, 0.3) is 10.0 Å². The summed E-state index contributed by atoms with van der Waals surface area (Å²) in [5.41, 5.74) is 1.48. The highest BCUT2D eigenvalue weighted by atomic mass is 35.5. The molecule has 22 heavy (non-hydrogen) atoms. The van der Waals surface area contributed by atoms with Gasteiger partial charge in [0.05, 0.1) is 15.6 Å². The van der Waals surface area contributed by atoms with E-state index in [9.17, 15) is 8.42 Å². The summed E-state index contributed by atoms with van der Waals surface area (Å²) in [4.78, 5) is 5.48. The van der Waals surface area contributed by atoms with Crippen LogP contribution in [-0.4, -0.2) is 17.4 Å². The zero-order valence-electron chi connectivity index (χ0n) is 11.9. The Morgan fingerprint density at radius 1 is 1.18 bits per heavy atom. The lowest BCUT2D eigenvalue weighted by Crippen LogP contribution is -2.13. The fourth-order valence-electron chi connectivity index (χ4n) is 2.06. The molecule has 0 aliphatic heterocycles. The molecule has 0 aliphatic rings. The summed E-state index contributed by atoms with van der Waals surface area (Å²) in [6.45, 7) is 3.83. The van der Waals surface area contributed by atoms with Crippen molar-refractivity contribution in [2.24, 2.45) is 0 Å². The number of aryl methyl sites for hydroxylation is 2. The van der Waals surface area contributed by atoms with Crippen molar-refractivity contribution >= 4 is 33.0 Å². The van der Waals surface area contributed by atoms with Gasteiger partial charge < -0.3 is 0 Å². The Bertz CT molecular complexity index is 925. The van der Waals surface area contributed by atoms with E-state index in [0.29, 0.717) is 15.7 Å². The van der Waals surface area contributed by atoms with E-state index in [4.69, 9.17) is 11.6 Å². The molecule has 0 atom stereocenters. The SMILES string of the molecule is Cc1ccc(S(=O)(=O)n2cc(Cl)cc2-c2ncc(C)s2)cc1. The summed E-state index contributed by atoms with van der Waals surface area (Å²) < 4.78 is 26.9. The topological polar surface area (TPSA) is 52.0 Å². The van der Waals surface area contributed by atoms with Crippen LogP contribution in [-0.2, 0) is 10.0 Å². The zero-order valence-corrected chi connectivity index (χ0v) is 14.3. The van der Waals surface area contributed by atoms with Crippen molar-refractivity contribution in [1.82, 2.24) is 8.96 Å². The first-order valence-corrected chi connectivity index (χ1v) is 9.14. The van der Waals surface area contributed by atoms with Crippen LogP contribution in [0.15, 0.2) is 47.6 Å². The number of hydrogen-bond acceptors (Lipinski definition) is 4. The fraction of sp³-hybridized carbons (Fsp3) is 0.133. The van der Waals surface area contributed by atoms with E-state index in [0.717, 1.165) is 10.4 Å². The van der Waals surface area contributed by atoms with Gasteiger partial charge in [0.15, 0.2) is 0 Å². The van der Waals surface area contributed by atoms with Gasteiger partial charge in [0, 0.05) is 17.3 Å². The summed E-state index contributed by atoms with van der Waals surface area (Å²) in [5.74, 6) is 0. The van der Waals surface area contributed by atoms with Crippen molar-refractivity contribution < 1.29 is 8.42 Å². The van der Waals surface area contributed by atoms with Crippen LogP contribution in [0.5, 0.6) is 0 Å². The van der Waals surface area contributed by atoms with E-state index in [1.165, 1.54) is 21.5 Å². The second-order valence-corrected chi connectivity index (χ2v) is 8.42. The molecule has 2 heterocycles. The lowest BCUT2D eigenvalue weighted by molar-refractivity contribution is 0.588. The van der Waals surface area contributed by atoms with Crippen LogP contribution in [0.3, 0.4) is 0 Å². The molecule has 0 spiro atoms. The van der Waals surface area contributed by atoms with Gasteiger partial charge in [-0.25, -0.2) is 17.4 Å². The van der Waals surface area contributed by atoms with Gasteiger partial charge in [0.1, 0.15) is 5.01 Å². The number of hydrogen-bond donors (Lipinski definition) is 0. The molecule has 0 fully saturated rings. The molecule has 0 N–H and O–H groups in total. The molecular weight excluding hydrogens is 340 g/mol. The quantitative estimate of drug-likeness (QED) is 0.712. The predicted molar refractivity (Wildman–Crippen MR) is 89.0 cm³/mol. The van der Waals surface area contributed by atoms with Crippen LogP contribution in [0.4, 0.5) is 0 Å². The molecule has 7 heteroatoms. The number of halogens is 1. The summed E-state index contributed by atoms with van der Waals surface area (Å²) in [5, 5.41) is 0.985. The second-order valence-electron chi connectivity index (χ2n) is 4.93. The van der Waals surface area contributed by atoms with Crippen LogP contribution >= 0.6 is 22.9 Å². The minimum Gasteiger partial charge on any atom is -0.243 e. The minimum atomic E-state index is -3.71. The van der Waals surface area contributed by atoms with Crippen molar-refractivity contribution in [3.8, 4) is 10.7 Å². The number of nitrogens with zero attached hydrogens (tertiary/aromatic N) is 2. The van der Waals surface area contributed by atoms with Gasteiger partial charge in [-0.05, 0) is 32.0 Å². The van der Waals surface area contributed by atoms with Crippen molar-refractivity contribution in [3.63, 3.8) is 0 Å². The molecule has 2 aromatic heterocycles. The minimum absolute atomic E-state index is 0.222. The molecule has 0 radical (unpaired) electrons. The number of aromatic nitrogens is 2. The fourth-order valence-corrected chi connectivity index (χ4v) is 4.52. The highest BCUT2D eigenvalue weighted by molar-refractivity contribution is 7.90. The van der Waals surface area contributed by atoms with E-state index >= 15 is 0 Å². The van der Waals surface area contributed by atoms with Crippen LogP contribution < -0.4 is 0 Å². The predicted octanol–water partition coefficient (Wildman–Crippen LogP) is 4.12. The average molecular weight is 353 g/mol. The average Bonchev–Trinajstić information content (AvgIpc) is 3.05. The molecule has 0 aliphatic carbocycles. The third-order valence-electron chi connectivity index (χ3n) is 3.17. The van der Waals surface area contributed by atoms with Gasteiger partial charge in [0.2, 0.25) is 0 Å². The van der Waals surface area contributed by atoms with Crippen LogP contribution in [0.1, 0.15) is 10.4 Å². The third kappa shape index (κ3) is 2.69. The maximum atomic E-state index is 12.8. The largest absolute Gasteiger partial charge is 0.268 e. The summed E-state index contributed by atoms with van der Waals surface area (Å²) in [7, 11) is -3.71. The van der Waals surface area contributed by atoms with Gasteiger partial charge in [-0.2, -0.15) is 0 Å². The van der Waals surface area contributed by atoms with Crippen LogP contribution in [0.2, 0.25) is 5.02 Å². The van der Waals surface area contributed by atoms with Gasteiger partial charge in [-0.3, -0.25) is 0 Å². The molecule has 0 amide bonds. The van der Waals surface area contributed by atoms with E-state index in [1.54, 1.807) is 36.5 Å². The Balaban J connectivity index is 2.17. The Hall–Kier alpha value is -1.63. The standard InChI is InChI=1S/C15H13ClN2O2S2/c1-10-3-5-13(6-4-10)22(19,20)18-9-12(16)7-14(18)15-17-8-11(2)21-15/h3-9H,1-2H3. The number of thiazole rings is 1. The Morgan fingerprint density at radius 2 is 1.86 bits per heavy atom. The summed E-state index contributed by atoms with van der Waals surface area (Å²) in [6.07, 6.45) is 3.12. The lowest BCUT2D eigenvalue weighted by atomic mass is 10.2. The Kier molecular flexibility index (Phi) is 3.84. The van der Waals surface area contributed by atoms with E-state index < -0.39 is 10.0 Å². The van der Waals surface area contributed by atoms with E-state index in [-0.39, 0.29) is 4.90 Å². The number of benzene rings is 1. The zero-order chi connectivity index (χ0) is 15.9. The molecule has 1 aromatic carbocycles. The Labute approximate surface area is 138 Å². The highest BCUT2D eigenvalue weighted by Crippen LogP contribution is 2.31.